The maximum atomic E-state index is 13.3. The topological polar surface area (TPSA) is 97.6 Å². The molecule has 8 nitrogen and oxygen atoms in total. The van der Waals surface area contributed by atoms with Crippen molar-refractivity contribution < 1.29 is 27.6 Å². The smallest absolute Gasteiger partial charge is 0.423 e. The highest BCUT2D eigenvalue weighted by atomic mass is 19.4. The fourth-order valence-corrected chi connectivity index (χ4v) is 5.20. The average Bonchev–Trinajstić information content (AvgIpc) is 2.94. The van der Waals surface area contributed by atoms with Crippen LogP contribution in [-0.2, 0) is 17.4 Å². The van der Waals surface area contributed by atoms with Gasteiger partial charge in [0.05, 0.1) is 4.92 Å². The van der Waals surface area contributed by atoms with E-state index < -0.39 is 22.4 Å². The zero-order valence-corrected chi connectivity index (χ0v) is 24.1. The van der Waals surface area contributed by atoms with Gasteiger partial charge in [-0.2, -0.15) is 13.2 Å². The molecule has 0 saturated heterocycles. The number of halogens is 3. The molecule has 0 spiro atoms. The number of pyridine rings is 1. The van der Waals surface area contributed by atoms with E-state index in [-0.39, 0.29) is 23.7 Å². The second kappa shape index (κ2) is 15.0. The molecule has 41 heavy (non-hydrogen) atoms. The molecule has 1 N–H and O–H groups in total. The van der Waals surface area contributed by atoms with Crippen molar-refractivity contribution in [3.63, 3.8) is 0 Å². The minimum Gasteiger partial charge on any atom is -0.474 e. The number of hydrogen-bond acceptors (Lipinski definition) is 6. The Balaban J connectivity index is 1.46. The van der Waals surface area contributed by atoms with Gasteiger partial charge >= 0.3 is 6.18 Å². The molecule has 2 aromatic rings. The Morgan fingerprint density at radius 2 is 1.88 bits per heavy atom. The predicted molar refractivity (Wildman–Crippen MR) is 152 cm³/mol. The number of hydrogen-bond donors (Lipinski definition) is 1. The summed E-state index contributed by atoms with van der Waals surface area (Å²) in [6.45, 7) is 7.79. The summed E-state index contributed by atoms with van der Waals surface area (Å²) in [7, 11) is 0. The summed E-state index contributed by atoms with van der Waals surface area (Å²) in [5.74, 6) is 1.25. The molecule has 1 aliphatic carbocycles. The number of nitrogens with zero attached hydrogens (tertiary/aromatic N) is 3. The van der Waals surface area contributed by atoms with Crippen molar-refractivity contribution in [2.45, 2.75) is 96.9 Å². The fraction of sp³-hybridized carbons (Fsp3) is 0.600. The van der Waals surface area contributed by atoms with Crippen molar-refractivity contribution in [3.8, 4) is 5.88 Å². The van der Waals surface area contributed by atoms with Crippen LogP contribution in [0.4, 0.5) is 24.5 Å². The van der Waals surface area contributed by atoms with E-state index in [0.717, 1.165) is 56.5 Å². The van der Waals surface area contributed by atoms with Crippen LogP contribution in [0.5, 0.6) is 5.88 Å². The minimum atomic E-state index is -4.81. The van der Waals surface area contributed by atoms with Crippen molar-refractivity contribution in [2.24, 2.45) is 5.92 Å². The van der Waals surface area contributed by atoms with Crippen LogP contribution in [-0.4, -0.2) is 45.9 Å². The van der Waals surface area contributed by atoms with Gasteiger partial charge in [-0.05, 0) is 81.0 Å². The fourth-order valence-electron chi connectivity index (χ4n) is 5.20. The highest BCUT2D eigenvalue weighted by Gasteiger charge is 2.38. The first-order valence-electron chi connectivity index (χ1n) is 14.5. The molecule has 0 aliphatic heterocycles. The molecule has 226 valence electrons. The van der Waals surface area contributed by atoms with Crippen molar-refractivity contribution >= 4 is 17.3 Å². The van der Waals surface area contributed by atoms with Crippen LogP contribution in [0.15, 0.2) is 36.5 Å². The van der Waals surface area contributed by atoms with Crippen LogP contribution >= 0.6 is 0 Å². The van der Waals surface area contributed by atoms with Crippen LogP contribution in [0.2, 0.25) is 0 Å². The summed E-state index contributed by atoms with van der Waals surface area (Å²) >= 11 is 0. The number of aromatic nitrogens is 1. The Bertz CT molecular complexity index is 1150. The number of alkyl halides is 3. The van der Waals surface area contributed by atoms with Crippen LogP contribution in [0.25, 0.3) is 0 Å². The monoisotopic (exact) mass is 578 g/mol. The van der Waals surface area contributed by atoms with E-state index in [1.807, 2.05) is 24.0 Å². The summed E-state index contributed by atoms with van der Waals surface area (Å²) in [6.07, 6.45) is 4.05. The third-order valence-electron chi connectivity index (χ3n) is 7.60. The lowest BCUT2D eigenvalue weighted by Gasteiger charge is -2.30. The number of amides is 1. The van der Waals surface area contributed by atoms with E-state index in [9.17, 15) is 28.1 Å². The van der Waals surface area contributed by atoms with Crippen molar-refractivity contribution in [2.75, 3.05) is 18.4 Å². The van der Waals surface area contributed by atoms with E-state index in [1.54, 1.807) is 6.20 Å². The molecule has 1 atom stereocenters. The zero-order valence-electron chi connectivity index (χ0n) is 24.1. The maximum Gasteiger partial charge on any atom is 0.423 e. The third kappa shape index (κ3) is 9.89. The Hall–Kier alpha value is -3.37. The third-order valence-corrected chi connectivity index (χ3v) is 7.60. The van der Waals surface area contributed by atoms with E-state index in [4.69, 9.17) is 4.74 Å². The molecule has 3 rings (SSSR count). The molecule has 1 aliphatic rings. The first-order valence-corrected chi connectivity index (χ1v) is 14.5. The van der Waals surface area contributed by atoms with E-state index in [2.05, 4.69) is 24.1 Å². The quantitative estimate of drug-likeness (QED) is 0.185. The van der Waals surface area contributed by atoms with Gasteiger partial charge in [-0.15, -0.1) is 0 Å². The molecular weight excluding hydrogens is 537 g/mol. The molecule has 1 unspecified atom stereocenters. The van der Waals surface area contributed by atoms with Crippen LogP contribution in [0.1, 0.15) is 83.3 Å². The van der Waals surface area contributed by atoms with Crippen molar-refractivity contribution in [1.82, 2.24) is 9.88 Å². The summed E-state index contributed by atoms with van der Waals surface area (Å²) < 4.78 is 46.1. The van der Waals surface area contributed by atoms with Gasteiger partial charge in [0, 0.05) is 49.6 Å². The highest BCUT2D eigenvalue weighted by molar-refractivity contribution is 5.75. The Morgan fingerprint density at radius 1 is 1.15 bits per heavy atom. The number of anilines is 1. The molecule has 1 heterocycles. The zero-order chi connectivity index (χ0) is 30.0. The number of nitrogens with one attached hydrogen (secondary N) is 1. The SMILES string of the molecule is CCCN(CCC(C)CCc1ccnc(O[C@H]2CC[C@H](Nc3ccc([N+](=O)[O-])c(C(F)(F)F)c3)CC2)c1)C(=O)CC. The van der Waals surface area contributed by atoms with Gasteiger partial charge in [0.15, 0.2) is 0 Å². The Morgan fingerprint density at radius 3 is 2.51 bits per heavy atom. The van der Waals surface area contributed by atoms with E-state index >= 15 is 0 Å². The molecule has 1 aromatic heterocycles. The van der Waals surface area contributed by atoms with Gasteiger partial charge in [0.2, 0.25) is 11.8 Å². The number of ether oxygens (including phenoxy) is 1. The summed E-state index contributed by atoms with van der Waals surface area (Å²) in [4.78, 5) is 28.4. The number of benzene rings is 1. The van der Waals surface area contributed by atoms with Crippen molar-refractivity contribution in [3.05, 3.63) is 57.8 Å². The predicted octanol–water partition coefficient (Wildman–Crippen LogP) is 7.42. The van der Waals surface area contributed by atoms with Gasteiger partial charge < -0.3 is 15.0 Å². The summed E-state index contributed by atoms with van der Waals surface area (Å²) in [5.41, 5.74) is -0.849. The number of aryl methyl sites for hydroxylation is 1. The lowest BCUT2D eigenvalue weighted by molar-refractivity contribution is -0.388. The molecule has 11 heteroatoms. The van der Waals surface area contributed by atoms with Gasteiger partial charge in [0.1, 0.15) is 11.7 Å². The first-order chi connectivity index (χ1) is 19.5. The van der Waals surface area contributed by atoms with Gasteiger partial charge in [-0.1, -0.05) is 20.8 Å². The highest BCUT2D eigenvalue weighted by Crippen LogP contribution is 2.38. The van der Waals surface area contributed by atoms with Gasteiger partial charge in [-0.3, -0.25) is 14.9 Å². The normalized spacial score (nSPS) is 18.0. The molecule has 1 saturated carbocycles. The lowest BCUT2D eigenvalue weighted by atomic mass is 9.92. The van der Waals surface area contributed by atoms with Gasteiger partial charge in [0.25, 0.3) is 5.69 Å². The van der Waals surface area contributed by atoms with Crippen LogP contribution in [0.3, 0.4) is 0 Å². The Kier molecular flexibility index (Phi) is 11.8. The number of nitro benzene ring substituents is 1. The first kappa shape index (κ1) is 32.1. The number of carbonyl (C=O) groups excluding carboxylic acids is 1. The second-order valence-electron chi connectivity index (χ2n) is 10.9. The second-order valence-corrected chi connectivity index (χ2v) is 10.9. The largest absolute Gasteiger partial charge is 0.474 e. The average molecular weight is 579 g/mol. The Labute approximate surface area is 239 Å². The van der Waals surface area contributed by atoms with Crippen LogP contribution < -0.4 is 10.1 Å². The van der Waals surface area contributed by atoms with Crippen LogP contribution in [0, 0.1) is 16.0 Å². The number of nitro groups is 1. The molecule has 1 fully saturated rings. The maximum absolute atomic E-state index is 13.3. The van der Waals surface area contributed by atoms with E-state index in [0.29, 0.717) is 43.9 Å². The molecule has 0 bridgehead atoms. The molecular formula is C30H41F3N4O4. The van der Waals surface area contributed by atoms with Gasteiger partial charge in [-0.25, -0.2) is 4.98 Å². The number of rotatable bonds is 14. The molecule has 1 aromatic carbocycles. The summed E-state index contributed by atoms with van der Waals surface area (Å²) in [6, 6.07) is 6.93. The molecule has 0 radical (unpaired) electrons. The molecule has 1 amide bonds. The minimum absolute atomic E-state index is 0.0435. The lowest BCUT2D eigenvalue weighted by Crippen LogP contribution is -2.32. The number of carbonyl (C=O) groups is 1. The standard InChI is InChI=1S/C30H41F3N4O4/c1-4-17-36(29(38)5-2)18-15-21(3)6-7-22-14-16-34-28(19-22)41-25-11-8-23(9-12-25)35-24-10-13-27(37(39)40)26(20-24)30(31,32)33/h10,13-14,16,19-21,23,25,35H,4-9,11-12,15,17-18H2,1-3H3/t21?,23-,25-. The van der Waals surface area contributed by atoms with Crippen molar-refractivity contribution in [1.29, 1.82) is 0 Å². The summed E-state index contributed by atoms with van der Waals surface area (Å²) in [5, 5.41) is 14.1. The van der Waals surface area contributed by atoms with E-state index in [1.165, 1.54) is 6.07 Å².